The molecule has 0 spiro atoms. The van der Waals surface area contributed by atoms with Gasteiger partial charge in [-0.2, -0.15) is 0 Å². The van der Waals surface area contributed by atoms with E-state index in [-0.39, 0.29) is 23.8 Å². The van der Waals surface area contributed by atoms with Crippen molar-refractivity contribution >= 4 is 23.6 Å². The average molecular weight is 302 g/mol. The van der Waals surface area contributed by atoms with Gasteiger partial charge in [0.25, 0.3) is 0 Å². The zero-order valence-corrected chi connectivity index (χ0v) is 13.4. The van der Waals surface area contributed by atoms with Crippen LogP contribution in [-0.4, -0.2) is 41.2 Å². The molecule has 1 aliphatic rings. The molecular formula is C14H26N2O3S. The fourth-order valence-corrected chi connectivity index (χ4v) is 3.31. The summed E-state index contributed by atoms with van der Waals surface area (Å²) in [5.74, 6) is 1.26. The van der Waals surface area contributed by atoms with Crippen molar-refractivity contribution in [3.05, 3.63) is 0 Å². The van der Waals surface area contributed by atoms with E-state index in [9.17, 15) is 9.59 Å². The number of aliphatic carboxylic acids is 1. The van der Waals surface area contributed by atoms with Gasteiger partial charge < -0.3 is 10.4 Å². The summed E-state index contributed by atoms with van der Waals surface area (Å²) in [6, 6.07) is -0.0768. The Balaban J connectivity index is 2.33. The second kappa shape index (κ2) is 7.88. The van der Waals surface area contributed by atoms with Crippen LogP contribution in [0.4, 0.5) is 0 Å². The van der Waals surface area contributed by atoms with Crippen molar-refractivity contribution in [2.24, 2.45) is 11.3 Å². The van der Waals surface area contributed by atoms with Gasteiger partial charge in [0.15, 0.2) is 0 Å². The number of carboxylic acid groups (broad SMARTS) is 1. The van der Waals surface area contributed by atoms with E-state index in [1.54, 1.807) is 11.8 Å². The lowest BCUT2D eigenvalue weighted by Crippen LogP contribution is -2.43. The average Bonchev–Trinajstić information content (AvgIpc) is 2.84. The van der Waals surface area contributed by atoms with E-state index in [2.05, 4.69) is 31.4 Å². The van der Waals surface area contributed by atoms with Crippen LogP contribution >= 0.6 is 11.8 Å². The molecule has 1 rings (SSSR count). The highest BCUT2D eigenvalue weighted by molar-refractivity contribution is 7.99. The largest absolute Gasteiger partial charge is 0.481 e. The van der Waals surface area contributed by atoms with Crippen molar-refractivity contribution in [3.8, 4) is 0 Å². The SMILES string of the molecule is CC(C)(C)C(CCNC(=O)C1CSCN1)CCC(=O)O. The highest BCUT2D eigenvalue weighted by Gasteiger charge is 2.26. The Morgan fingerprint density at radius 2 is 2.10 bits per heavy atom. The fourth-order valence-electron chi connectivity index (χ4n) is 2.36. The highest BCUT2D eigenvalue weighted by Crippen LogP contribution is 2.32. The van der Waals surface area contributed by atoms with Crippen LogP contribution in [0, 0.1) is 11.3 Å². The van der Waals surface area contributed by atoms with Crippen molar-refractivity contribution in [3.63, 3.8) is 0 Å². The monoisotopic (exact) mass is 302 g/mol. The summed E-state index contributed by atoms with van der Waals surface area (Å²) in [4.78, 5) is 22.6. The third kappa shape index (κ3) is 6.13. The first-order valence-electron chi connectivity index (χ1n) is 7.11. The lowest BCUT2D eigenvalue weighted by atomic mass is 9.76. The molecular weight excluding hydrogens is 276 g/mol. The quantitative estimate of drug-likeness (QED) is 0.667. The molecule has 1 fully saturated rings. The number of nitrogens with one attached hydrogen (secondary N) is 2. The van der Waals surface area contributed by atoms with E-state index in [1.807, 2.05) is 0 Å². The van der Waals surface area contributed by atoms with Crippen molar-refractivity contribution in [2.75, 3.05) is 18.2 Å². The number of hydrogen-bond acceptors (Lipinski definition) is 4. The van der Waals surface area contributed by atoms with Crippen molar-refractivity contribution in [1.82, 2.24) is 10.6 Å². The predicted octanol–water partition coefficient (Wildman–Crippen LogP) is 1.68. The van der Waals surface area contributed by atoms with Gasteiger partial charge in [-0.15, -0.1) is 11.8 Å². The molecule has 0 saturated carbocycles. The van der Waals surface area contributed by atoms with Crippen LogP contribution in [-0.2, 0) is 9.59 Å². The lowest BCUT2D eigenvalue weighted by Gasteiger charge is -2.30. The molecule has 20 heavy (non-hydrogen) atoms. The second-order valence-electron chi connectivity index (χ2n) is 6.35. The number of thioether (sulfide) groups is 1. The Labute approximate surface area is 125 Å². The van der Waals surface area contributed by atoms with Gasteiger partial charge in [-0.05, 0) is 24.2 Å². The second-order valence-corrected chi connectivity index (χ2v) is 7.38. The summed E-state index contributed by atoms with van der Waals surface area (Å²) in [5, 5.41) is 14.9. The number of carbonyl (C=O) groups is 2. The van der Waals surface area contributed by atoms with Gasteiger partial charge >= 0.3 is 5.97 Å². The molecule has 3 N–H and O–H groups in total. The first-order valence-corrected chi connectivity index (χ1v) is 8.27. The standard InChI is InChI=1S/C14H26N2O3S/c1-14(2,3)10(4-5-12(17)18)6-7-15-13(19)11-8-20-9-16-11/h10-11,16H,4-9H2,1-3H3,(H,15,19)(H,17,18). The molecule has 0 aliphatic carbocycles. The van der Waals surface area contributed by atoms with E-state index in [4.69, 9.17) is 5.11 Å². The van der Waals surface area contributed by atoms with Gasteiger partial charge in [0.05, 0.1) is 6.04 Å². The molecule has 116 valence electrons. The predicted molar refractivity (Wildman–Crippen MR) is 81.7 cm³/mol. The molecule has 0 radical (unpaired) electrons. The van der Waals surface area contributed by atoms with Gasteiger partial charge in [0, 0.05) is 24.6 Å². The van der Waals surface area contributed by atoms with Crippen LogP contribution in [0.2, 0.25) is 0 Å². The molecule has 0 aromatic carbocycles. The van der Waals surface area contributed by atoms with Crippen molar-refractivity contribution < 1.29 is 14.7 Å². The topological polar surface area (TPSA) is 78.4 Å². The molecule has 2 atom stereocenters. The summed E-state index contributed by atoms with van der Waals surface area (Å²) in [6.07, 6.45) is 1.67. The molecule has 1 saturated heterocycles. The maximum absolute atomic E-state index is 11.9. The molecule has 5 nitrogen and oxygen atoms in total. The van der Waals surface area contributed by atoms with Crippen LogP contribution in [0.25, 0.3) is 0 Å². The molecule has 0 aromatic rings. The Bertz CT molecular complexity index is 336. The summed E-state index contributed by atoms with van der Waals surface area (Å²) in [7, 11) is 0. The molecule has 0 bridgehead atoms. The third-order valence-corrected chi connectivity index (χ3v) is 4.70. The first-order chi connectivity index (χ1) is 9.30. The molecule has 0 aromatic heterocycles. The minimum absolute atomic E-state index is 0.0564. The summed E-state index contributed by atoms with van der Waals surface area (Å²) >= 11 is 1.73. The van der Waals surface area contributed by atoms with Gasteiger partial charge in [0.2, 0.25) is 5.91 Å². The van der Waals surface area contributed by atoms with Gasteiger partial charge in [-0.1, -0.05) is 20.8 Å². The van der Waals surface area contributed by atoms with E-state index >= 15 is 0 Å². The number of carbonyl (C=O) groups excluding carboxylic acids is 1. The number of carboxylic acids is 1. The van der Waals surface area contributed by atoms with Crippen LogP contribution in [0.15, 0.2) is 0 Å². The Kier molecular flexibility index (Phi) is 6.82. The Morgan fingerprint density at radius 3 is 2.60 bits per heavy atom. The van der Waals surface area contributed by atoms with Crippen LogP contribution in [0.5, 0.6) is 0 Å². The van der Waals surface area contributed by atoms with Crippen LogP contribution < -0.4 is 10.6 Å². The van der Waals surface area contributed by atoms with Gasteiger partial charge in [-0.25, -0.2) is 0 Å². The van der Waals surface area contributed by atoms with E-state index < -0.39 is 5.97 Å². The zero-order chi connectivity index (χ0) is 15.2. The Hall–Kier alpha value is -0.750. The molecule has 1 amide bonds. The number of hydrogen-bond donors (Lipinski definition) is 3. The Morgan fingerprint density at radius 1 is 1.40 bits per heavy atom. The van der Waals surface area contributed by atoms with E-state index in [1.165, 1.54) is 0 Å². The highest BCUT2D eigenvalue weighted by atomic mass is 32.2. The number of rotatable bonds is 7. The molecule has 1 heterocycles. The van der Waals surface area contributed by atoms with Gasteiger partial charge in [-0.3, -0.25) is 14.9 Å². The molecule has 6 heteroatoms. The summed E-state index contributed by atoms with van der Waals surface area (Å²) in [5.41, 5.74) is 0.0572. The van der Waals surface area contributed by atoms with Crippen LogP contribution in [0.1, 0.15) is 40.0 Å². The maximum atomic E-state index is 11.9. The van der Waals surface area contributed by atoms with Crippen molar-refractivity contribution in [2.45, 2.75) is 46.1 Å². The molecule has 1 aliphatic heterocycles. The smallest absolute Gasteiger partial charge is 0.303 e. The summed E-state index contributed by atoms with van der Waals surface area (Å²) < 4.78 is 0. The van der Waals surface area contributed by atoms with Crippen LogP contribution in [0.3, 0.4) is 0 Å². The van der Waals surface area contributed by atoms with Gasteiger partial charge in [0.1, 0.15) is 0 Å². The molecule has 2 unspecified atom stereocenters. The maximum Gasteiger partial charge on any atom is 0.303 e. The summed E-state index contributed by atoms with van der Waals surface area (Å²) in [6.45, 7) is 6.98. The zero-order valence-electron chi connectivity index (χ0n) is 12.6. The van der Waals surface area contributed by atoms with E-state index in [0.29, 0.717) is 18.9 Å². The van der Waals surface area contributed by atoms with Crippen molar-refractivity contribution in [1.29, 1.82) is 0 Å². The minimum atomic E-state index is -0.754. The number of amides is 1. The lowest BCUT2D eigenvalue weighted by molar-refractivity contribution is -0.137. The minimum Gasteiger partial charge on any atom is -0.481 e. The van der Waals surface area contributed by atoms with E-state index in [0.717, 1.165) is 18.1 Å². The first kappa shape index (κ1) is 17.3. The third-order valence-electron chi connectivity index (χ3n) is 3.76. The fraction of sp³-hybridized carbons (Fsp3) is 0.857. The normalized spacial score (nSPS) is 20.6.